The molecule has 1 heterocycles. The highest BCUT2D eigenvalue weighted by atomic mass is 32.2. The van der Waals surface area contributed by atoms with Crippen LogP contribution in [0.15, 0.2) is 17.3 Å². The first-order chi connectivity index (χ1) is 15.9. The maximum atomic E-state index is 13.5. The van der Waals surface area contributed by atoms with Crippen molar-refractivity contribution in [2.24, 2.45) is 40.4 Å². The van der Waals surface area contributed by atoms with Crippen molar-refractivity contribution in [3.05, 3.63) is 12.4 Å². The molecular weight excluding hydrogens is 448 g/mol. The van der Waals surface area contributed by atoms with Crippen LogP contribution in [0, 0.1) is 40.4 Å². The van der Waals surface area contributed by atoms with Gasteiger partial charge in [-0.15, -0.1) is 0 Å². The third kappa shape index (κ3) is 3.80. The minimum absolute atomic E-state index is 0.0340. The molecule has 0 saturated heterocycles. The van der Waals surface area contributed by atoms with Crippen LogP contribution in [-0.2, 0) is 21.2 Å². The van der Waals surface area contributed by atoms with E-state index in [0.29, 0.717) is 23.2 Å². The molecule has 4 aliphatic carbocycles. The van der Waals surface area contributed by atoms with Gasteiger partial charge in [-0.2, -0.15) is 5.10 Å². The van der Waals surface area contributed by atoms with E-state index in [-0.39, 0.29) is 28.6 Å². The summed E-state index contributed by atoms with van der Waals surface area (Å²) in [6.07, 6.45) is 15.1. The zero-order valence-electron chi connectivity index (χ0n) is 21.3. The molecule has 1 aromatic heterocycles. The van der Waals surface area contributed by atoms with Crippen LogP contribution >= 0.6 is 0 Å². The average molecular weight is 491 g/mol. The van der Waals surface area contributed by atoms with E-state index in [1.807, 2.05) is 6.92 Å². The number of ketones is 1. The van der Waals surface area contributed by atoms with Crippen LogP contribution in [0.25, 0.3) is 0 Å². The first kappa shape index (κ1) is 24.5. The fourth-order valence-electron chi connectivity index (χ4n) is 9.37. The van der Waals surface area contributed by atoms with Gasteiger partial charge in [0.15, 0.2) is 15.6 Å². The van der Waals surface area contributed by atoms with Crippen molar-refractivity contribution in [2.45, 2.75) is 102 Å². The van der Waals surface area contributed by atoms with Gasteiger partial charge in [-0.05, 0) is 106 Å². The van der Waals surface area contributed by atoms with Crippen molar-refractivity contribution in [1.29, 1.82) is 0 Å². The summed E-state index contributed by atoms with van der Waals surface area (Å²) in [7, 11) is -3.32. The molecule has 1 aromatic rings. The number of nitrogens with zero attached hydrogens (tertiary/aromatic N) is 2. The largest absolute Gasteiger partial charge is 0.390 e. The van der Waals surface area contributed by atoms with Crippen LogP contribution in [0.1, 0.15) is 85.0 Å². The fourth-order valence-corrected chi connectivity index (χ4v) is 9.92. The molecule has 4 saturated carbocycles. The third-order valence-corrected chi connectivity index (χ3v) is 12.1. The number of carbonyl (C=O) groups is 1. The second kappa shape index (κ2) is 8.16. The van der Waals surface area contributed by atoms with E-state index >= 15 is 0 Å². The lowest BCUT2D eigenvalue weighted by atomic mass is 9.42. The zero-order chi connectivity index (χ0) is 24.5. The number of hydrogen-bond donors (Lipinski definition) is 1. The summed E-state index contributed by atoms with van der Waals surface area (Å²) in [6.45, 7) is 6.93. The normalized spacial score (nSPS) is 44.2. The average Bonchev–Trinajstić information content (AvgIpc) is 3.37. The number of aliphatic hydroxyl groups is 1. The molecule has 1 N–H and O–H groups in total. The summed E-state index contributed by atoms with van der Waals surface area (Å²) < 4.78 is 25.1. The van der Waals surface area contributed by atoms with Gasteiger partial charge in [0, 0.05) is 18.4 Å². The molecule has 4 fully saturated rings. The second-order valence-corrected chi connectivity index (χ2v) is 14.7. The Labute approximate surface area is 204 Å². The predicted octanol–water partition coefficient (Wildman–Crippen LogP) is 4.66. The Morgan fingerprint density at radius 1 is 1.12 bits per heavy atom. The summed E-state index contributed by atoms with van der Waals surface area (Å²) in [4.78, 5) is 13.6. The lowest BCUT2D eigenvalue weighted by Crippen LogP contribution is -2.56. The lowest BCUT2D eigenvalue weighted by Gasteiger charge is -2.63. The van der Waals surface area contributed by atoms with E-state index < -0.39 is 15.4 Å². The molecule has 0 radical (unpaired) electrons. The molecule has 5 rings (SSSR count). The Balaban J connectivity index is 1.34. The van der Waals surface area contributed by atoms with Crippen LogP contribution in [0.2, 0.25) is 0 Å². The van der Waals surface area contributed by atoms with Crippen LogP contribution in [0.4, 0.5) is 0 Å². The standard InChI is InChI=1S/C27H42N2O4S/c1-5-27-13-12-25(2,31)14-18(27)6-7-20-21-8-9-23(26(21,3)11-10-22(20)27)24(30)17-29-16-19(15-28-29)34(4,32)33/h15-16,18,20-23,31H,5-14,17H2,1-4H3/t18-,20-,21-,22-,23+,25+,26-,27-/m0/s1. The number of Topliss-reactive ketones (excluding diaryl/α,β-unsaturated/α-hetero) is 1. The van der Waals surface area contributed by atoms with E-state index in [0.717, 1.165) is 44.4 Å². The summed E-state index contributed by atoms with van der Waals surface area (Å²) >= 11 is 0. The SMILES string of the molecule is CC[C@]12CC[C@@](C)(O)C[C@@H]1CC[C@H]1[C@@H]3CC[C@H](C(=O)Cn4cc(S(C)(=O)=O)cn4)[C@@]3(C)CC[C@@H]12. The first-order valence-corrected chi connectivity index (χ1v) is 15.3. The third-order valence-electron chi connectivity index (χ3n) is 11.1. The number of fused-ring (bicyclic) bond motifs is 5. The molecule has 8 atom stereocenters. The molecule has 0 bridgehead atoms. The van der Waals surface area contributed by atoms with Crippen molar-refractivity contribution in [1.82, 2.24) is 9.78 Å². The highest BCUT2D eigenvalue weighted by Crippen LogP contribution is 2.69. The predicted molar refractivity (Wildman–Crippen MR) is 131 cm³/mol. The van der Waals surface area contributed by atoms with Gasteiger partial charge in [0.2, 0.25) is 0 Å². The quantitative estimate of drug-likeness (QED) is 0.649. The summed E-state index contributed by atoms with van der Waals surface area (Å²) in [5, 5.41) is 15.0. The highest BCUT2D eigenvalue weighted by Gasteiger charge is 2.62. The van der Waals surface area contributed by atoms with Crippen LogP contribution in [-0.4, -0.2) is 40.9 Å². The molecule has 0 amide bonds. The van der Waals surface area contributed by atoms with Gasteiger partial charge < -0.3 is 5.11 Å². The molecule has 34 heavy (non-hydrogen) atoms. The Hall–Kier alpha value is -1.21. The molecule has 190 valence electrons. The minimum atomic E-state index is -3.32. The Kier molecular flexibility index (Phi) is 5.87. The molecule has 0 aromatic carbocycles. The zero-order valence-corrected chi connectivity index (χ0v) is 22.1. The van der Waals surface area contributed by atoms with Gasteiger partial charge in [-0.1, -0.05) is 13.8 Å². The number of carbonyl (C=O) groups excluding carboxylic acids is 1. The number of hydrogen-bond acceptors (Lipinski definition) is 5. The minimum Gasteiger partial charge on any atom is -0.390 e. The second-order valence-electron chi connectivity index (χ2n) is 12.7. The van der Waals surface area contributed by atoms with Gasteiger partial charge >= 0.3 is 0 Å². The van der Waals surface area contributed by atoms with E-state index in [9.17, 15) is 18.3 Å². The van der Waals surface area contributed by atoms with Crippen molar-refractivity contribution < 1.29 is 18.3 Å². The molecule has 0 unspecified atom stereocenters. The smallest absolute Gasteiger partial charge is 0.178 e. The number of rotatable bonds is 5. The Morgan fingerprint density at radius 3 is 2.56 bits per heavy atom. The van der Waals surface area contributed by atoms with Crippen LogP contribution in [0.3, 0.4) is 0 Å². The van der Waals surface area contributed by atoms with Gasteiger partial charge in [0.1, 0.15) is 4.90 Å². The van der Waals surface area contributed by atoms with Gasteiger partial charge in [0.05, 0.1) is 18.3 Å². The Morgan fingerprint density at radius 2 is 1.88 bits per heavy atom. The molecule has 0 spiro atoms. The highest BCUT2D eigenvalue weighted by molar-refractivity contribution is 7.90. The van der Waals surface area contributed by atoms with Gasteiger partial charge in [0.25, 0.3) is 0 Å². The molecule has 7 heteroatoms. The first-order valence-electron chi connectivity index (χ1n) is 13.4. The van der Waals surface area contributed by atoms with Crippen molar-refractivity contribution in [3.63, 3.8) is 0 Å². The van der Waals surface area contributed by atoms with Crippen molar-refractivity contribution >= 4 is 15.6 Å². The Bertz CT molecular complexity index is 1060. The van der Waals surface area contributed by atoms with E-state index in [2.05, 4.69) is 18.9 Å². The van der Waals surface area contributed by atoms with E-state index in [4.69, 9.17) is 0 Å². The maximum Gasteiger partial charge on any atom is 0.178 e. The van der Waals surface area contributed by atoms with E-state index in [1.54, 1.807) is 0 Å². The number of aromatic nitrogens is 2. The van der Waals surface area contributed by atoms with Crippen molar-refractivity contribution in [3.8, 4) is 0 Å². The maximum absolute atomic E-state index is 13.5. The molecule has 0 aliphatic heterocycles. The molecule has 6 nitrogen and oxygen atoms in total. The summed E-state index contributed by atoms with van der Waals surface area (Å²) in [6, 6.07) is 0. The monoisotopic (exact) mass is 490 g/mol. The molecular formula is C27H42N2O4S. The van der Waals surface area contributed by atoms with Crippen LogP contribution < -0.4 is 0 Å². The fraction of sp³-hybridized carbons (Fsp3) is 0.852. The van der Waals surface area contributed by atoms with E-state index in [1.165, 1.54) is 49.0 Å². The van der Waals surface area contributed by atoms with Crippen molar-refractivity contribution in [2.75, 3.05) is 6.26 Å². The molecule has 4 aliphatic rings. The lowest BCUT2D eigenvalue weighted by molar-refractivity contribution is -0.158. The van der Waals surface area contributed by atoms with Gasteiger partial charge in [-0.3, -0.25) is 9.48 Å². The summed E-state index contributed by atoms with van der Waals surface area (Å²) in [5.41, 5.74) is -0.105. The number of sulfone groups is 1. The topological polar surface area (TPSA) is 89.3 Å². The van der Waals surface area contributed by atoms with Crippen LogP contribution in [0.5, 0.6) is 0 Å². The van der Waals surface area contributed by atoms with Gasteiger partial charge in [-0.25, -0.2) is 8.42 Å². The summed E-state index contributed by atoms with van der Waals surface area (Å²) in [5.74, 6) is 2.89.